The summed E-state index contributed by atoms with van der Waals surface area (Å²) in [6.45, 7) is 80.5. The van der Waals surface area contributed by atoms with Gasteiger partial charge in [0.2, 0.25) is 0 Å². The molecule has 4 aliphatic heterocycles. The van der Waals surface area contributed by atoms with Gasteiger partial charge in [-0.2, -0.15) is 0 Å². The van der Waals surface area contributed by atoms with Gasteiger partial charge in [0.05, 0.1) is 11.4 Å². The van der Waals surface area contributed by atoms with E-state index < -0.39 is 0 Å². The number of anilines is 12. The third kappa shape index (κ3) is 13.5. The number of benzene rings is 11. The van der Waals surface area contributed by atoms with Crippen LogP contribution in [0, 0.1) is 27.7 Å². The first-order chi connectivity index (χ1) is 61.4. The van der Waals surface area contributed by atoms with Gasteiger partial charge in [-0.3, -0.25) is 0 Å². The maximum absolute atomic E-state index is 2.88. The molecule has 11 aromatic rings. The molecule has 132 heavy (non-hydrogen) atoms. The monoisotopic (exact) mass is 1740 g/mol. The fraction of sp³-hybridized carbons (Fsp3) is 0.476. The highest BCUT2D eigenvalue weighted by molar-refractivity contribution is 7.01. The molecule has 1 atom stereocenters. The summed E-state index contributed by atoms with van der Waals surface area (Å²) in [7, 11) is 0. The van der Waals surface area contributed by atoms with E-state index in [2.05, 4.69) is 411 Å². The smallest absolute Gasteiger partial charge is 0.252 e. The zero-order valence-electron chi connectivity index (χ0n) is 87.0. The maximum Gasteiger partial charge on any atom is 0.252 e. The molecule has 0 N–H and O–H groups in total. The molecule has 0 radical (unpaired) electrons. The summed E-state index contributed by atoms with van der Waals surface area (Å²) < 4.78 is 0. The Hall–Kier alpha value is -9.25. The Morgan fingerprint density at radius 2 is 0.583 bits per heavy atom. The van der Waals surface area contributed by atoms with Gasteiger partial charge in [0.25, 0.3) is 13.4 Å². The molecule has 11 aromatic carbocycles. The van der Waals surface area contributed by atoms with Gasteiger partial charge in [0.1, 0.15) is 0 Å². The largest absolute Gasteiger partial charge is 0.311 e. The van der Waals surface area contributed by atoms with Crippen molar-refractivity contribution < 1.29 is 0 Å². The van der Waals surface area contributed by atoms with E-state index in [1.165, 1.54) is 220 Å². The Morgan fingerprint density at radius 1 is 0.265 bits per heavy atom. The lowest BCUT2D eigenvalue weighted by atomic mass is 9.32. The van der Waals surface area contributed by atoms with Gasteiger partial charge in [0, 0.05) is 62.4 Å². The number of nitrogens with zero attached hydrogens (tertiary/aromatic N) is 4. The van der Waals surface area contributed by atoms with E-state index in [-0.39, 0.29) is 89.2 Å². The summed E-state index contributed by atoms with van der Waals surface area (Å²) in [5, 5.41) is 0. The van der Waals surface area contributed by atoms with Crippen molar-refractivity contribution in [1.29, 1.82) is 0 Å². The van der Waals surface area contributed by atoms with Gasteiger partial charge in [-0.05, 0) is 411 Å². The van der Waals surface area contributed by atoms with E-state index in [0.29, 0.717) is 0 Å². The number of rotatable bonds is 9. The highest BCUT2D eigenvalue weighted by Gasteiger charge is 2.55. The van der Waals surface area contributed by atoms with Gasteiger partial charge >= 0.3 is 0 Å². The van der Waals surface area contributed by atoms with Crippen LogP contribution in [0.3, 0.4) is 0 Å². The standard InChI is InChI=1S/C126H152B2N4/c1-75-58-77(3)112(78(4)59-75)132-105-73-94-91(121(22,23)50-53-124(94,28)29)69-99(105)127-98-68-90-93(123(26,27)52-49-120(90,20)21)72-103(98)130(83-40-42-86-88(66-83)118(16,17)47-45-116(86,12)13)108-63-81(64-109(132)111(108)127)114(8,9)54-56-126(32)57-55-125(30,31)95-74-104-100(70-96(95)126)128-97-67-89-92(122(24,25)51-48-119(89,18)19)71-102(97)129(82-39-41-85-87(65-82)117(14,15)46-44-115(85,10)11)106-60-76(2)61-107(110(106)128)131(104)101-43-38-80(113(5,6)7)62-84(101)79-36-34-33-35-37-79/h33-43,58-74H,44-57H2,1-32H3. The molecule has 0 saturated heterocycles. The number of hydrogen-bond acceptors (Lipinski definition) is 4. The van der Waals surface area contributed by atoms with Crippen LogP contribution in [0.5, 0.6) is 0 Å². The molecule has 0 fully saturated rings. The van der Waals surface area contributed by atoms with E-state index in [1.54, 1.807) is 5.56 Å². The molecule has 6 heteroatoms. The van der Waals surface area contributed by atoms with Crippen LogP contribution in [0.2, 0.25) is 0 Å². The first kappa shape index (κ1) is 89.3. The van der Waals surface area contributed by atoms with Crippen LogP contribution in [0.15, 0.2) is 170 Å². The van der Waals surface area contributed by atoms with Crippen molar-refractivity contribution in [3.8, 4) is 11.1 Å². The second kappa shape index (κ2) is 28.7. The van der Waals surface area contributed by atoms with Crippen molar-refractivity contribution in [3.05, 3.63) is 270 Å². The van der Waals surface area contributed by atoms with E-state index in [4.69, 9.17) is 0 Å². The Balaban J connectivity index is 0.805. The third-order valence-corrected chi connectivity index (χ3v) is 37.3. The third-order valence-electron chi connectivity index (χ3n) is 37.3. The zero-order chi connectivity index (χ0) is 94.1. The van der Waals surface area contributed by atoms with Crippen LogP contribution >= 0.6 is 0 Å². The van der Waals surface area contributed by atoms with Crippen molar-refractivity contribution in [1.82, 2.24) is 0 Å². The van der Waals surface area contributed by atoms with Crippen LogP contribution in [0.1, 0.15) is 384 Å². The molecule has 0 amide bonds. The lowest BCUT2D eigenvalue weighted by molar-refractivity contribution is 0.272. The Morgan fingerprint density at radius 3 is 0.985 bits per heavy atom. The number of fused-ring (bicyclic) bond motifs is 14. The molecule has 0 aromatic heterocycles. The Bertz CT molecular complexity index is 6720. The van der Waals surface area contributed by atoms with Gasteiger partial charge in [0.15, 0.2) is 0 Å². The van der Waals surface area contributed by atoms with Gasteiger partial charge in [-0.25, -0.2) is 0 Å². The summed E-state index contributed by atoms with van der Waals surface area (Å²) in [6.07, 6.45) is 15.8. The Labute approximate surface area is 797 Å². The van der Waals surface area contributed by atoms with Crippen LogP contribution in [0.25, 0.3) is 11.1 Å². The minimum atomic E-state index is -0.325. The average molecular weight is 1740 g/mol. The predicted molar refractivity (Wildman–Crippen MR) is 572 cm³/mol. The zero-order valence-corrected chi connectivity index (χ0v) is 87.0. The van der Waals surface area contributed by atoms with E-state index in [9.17, 15) is 0 Å². The second-order valence-electron chi connectivity index (χ2n) is 53.4. The molecule has 0 saturated carbocycles. The summed E-state index contributed by atoms with van der Waals surface area (Å²) in [5.41, 5.74) is 52.3. The second-order valence-corrected chi connectivity index (χ2v) is 53.4. The molecule has 682 valence electrons. The number of aryl methyl sites for hydroxylation is 4. The molecule has 0 bridgehead atoms. The van der Waals surface area contributed by atoms with E-state index >= 15 is 0 Å². The highest BCUT2D eigenvalue weighted by Crippen LogP contribution is 2.61. The highest BCUT2D eigenvalue weighted by atomic mass is 15.2. The van der Waals surface area contributed by atoms with Crippen LogP contribution in [-0.2, 0) is 75.8 Å². The van der Waals surface area contributed by atoms with E-state index in [1.807, 2.05) is 0 Å². The van der Waals surface area contributed by atoms with Crippen LogP contribution in [0.4, 0.5) is 68.2 Å². The van der Waals surface area contributed by atoms with Gasteiger partial charge in [-0.1, -0.05) is 284 Å². The first-order valence-electron chi connectivity index (χ1n) is 51.3. The molecule has 10 aliphatic rings. The van der Waals surface area contributed by atoms with Crippen molar-refractivity contribution in [2.24, 2.45) is 0 Å². The molecule has 0 spiro atoms. The summed E-state index contributed by atoms with van der Waals surface area (Å²) in [5.74, 6) is 0. The SMILES string of the molecule is Cc1cc(C)c(N2c3cc4c(cc3B3c5cc6c(cc5N(c5ccc7c(c5)C(C)(C)CCC7(C)C)c5cc(C(C)(C)CCC7(C)CCC(C)(C)c8cc9c(cc87)B7c8cc%10c(cc8N(c8ccc%11c(c8)C(C)(C)CCC%11(C)C)c8cc(C)cc(c87)N9c7ccc(C(C)(C)C)cc7-c7ccccc7)C(C)(C)CCC%10(C)C)cc2c53)C(C)(C)CCC6(C)C)C(C)(C)CCC4(C)C)c(C)c1. The predicted octanol–water partition coefficient (Wildman–Crippen LogP) is 30.9. The minimum Gasteiger partial charge on any atom is -0.311 e. The molecular weight excluding hydrogens is 1590 g/mol. The first-order valence-corrected chi connectivity index (χ1v) is 51.3. The molecule has 21 rings (SSSR count). The topological polar surface area (TPSA) is 13.0 Å². The van der Waals surface area contributed by atoms with Crippen molar-refractivity contribution in [3.63, 3.8) is 0 Å². The van der Waals surface area contributed by atoms with Gasteiger partial charge in [-0.15, -0.1) is 0 Å². The van der Waals surface area contributed by atoms with Crippen molar-refractivity contribution >= 4 is 114 Å². The lowest BCUT2D eigenvalue weighted by Gasteiger charge is -2.50. The average Bonchev–Trinajstić information content (AvgIpc) is 0.688. The number of hydrogen-bond donors (Lipinski definition) is 0. The van der Waals surface area contributed by atoms with Crippen LogP contribution in [-0.4, -0.2) is 13.4 Å². The van der Waals surface area contributed by atoms with Crippen molar-refractivity contribution in [2.75, 3.05) is 19.6 Å². The van der Waals surface area contributed by atoms with Crippen molar-refractivity contribution in [2.45, 2.75) is 387 Å². The minimum absolute atomic E-state index is 0.00431. The van der Waals surface area contributed by atoms with E-state index in [0.717, 1.165) is 77.0 Å². The quantitative estimate of drug-likeness (QED) is 0.134. The molecule has 6 aliphatic carbocycles. The summed E-state index contributed by atoms with van der Waals surface area (Å²) in [4.78, 5) is 11.3. The maximum atomic E-state index is 2.88. The molecule has 4 heterocycles. The van der Waals surface area contributed by atoms with Gasteiger partial charge < -0.3 is 19.6 Å². The fourth-order valence-corrected chi connectivity index (χ4v) is 27.7. The molecule has 1 unspecified atom stereocenters. The van der Waals surface area contributed by atoms with Crippen LogP contribution < -0.4 is 52.4 Å². The lowest BCUT2D eigenvalue weighted by Crippen LogP contribution is -2.62. The Kier molecular flexibility index (Phi) is 19.4. The molecule has 4 nitrogen and oxygen atoms in total. The summed E-state index contributed by atoms with van der Waals surface area (Å²) >= 11 is 0. The molecular formula is C126H152B2N4. The normalized spacial score (nSPS) is 21.8. The summed E-state index contributed by atoms with van der Waals surface area (Å²) in [6, 6.07) is 72.6. The fourth-order valence-electron chi connectivity index (χ4n) is 27.7.